The van der Waals surface area contributed by atoms with E-state index < -0.39 is 6.04 Å². The molecule has 1 aliphatic heterocycles. The van der Waals surface area contributed by atoms with Crippen molar-refractivity contribution in [2.24, 2.45) is 0 Å². The molecule has 3 amide bonds. The number of carbonyl (C=O) groups excluding carboxylic acids is 3. The largest absolute Gasteiger partial charge is 0.355 e. The molecule has 2 rings (SSSR count). The van der Waals surface area contributed by atoms with Crippen molar-refractivity contribution < 1.29 is 14.4 Å². The van der Waals surface area contributed by atoms with Gasteiger partial charge in [-0.1, -0.05) is 12.1 Å². The zero-order chi connectivity index (χ0) is 14.5. The summed E-state index contributed by atoms with van der Waals surface area (Å²) in [4.78, 5) is 34.8. The number of hydrogen-bond donors (Lipinski definition) is 4. The molecule has 20 heavy (non-hydrogen) atoms. The maximum absolute atomic E-state index is 12.1. The summed E-state index contributed by atoms with van der Waals surface area (Å²) in [5.74, 6) is -0.702. The van der Waals surface area contributed by atoms with Crippen LogP contribution in [0.4, 0.5) is 5.69 Å². The number of anilines is 1. The lowest BCUT2D eigenvalue weighted by Crippen LogP contribution is -2.56. The summed E-state index contributed by atoms with van der Waals surface area (Å²) in [6.07, 6.45) is 0. The number of amides is 3. The number of rotatable bonds is 3. The third-order valence-electron chi connectivity index (χ3n) is 2.99. The van der Waals surface area contributed by atoms with E-state index in [9.17, 15) is 14.4 Å². The molecule has 1 unspecified atom stereocenters. The van der Waals surface area contributed by atoms with Crippen LogP contribution in [-0.4, -0.2) is 43.9 Å². The number of carbonyl (C=O) groups is 3. The first kappa shape index (κ1) is 14.0. The molecule has 1 fully saturated rings. The van der Waals surface area contributed by atoms with E-state index in [-0.39, 0.29) is 30.8 Å². The number of hydrogen-bond acceptors (Lipinski definition) is 4. The summed E-state index contributed by atoms with van der Waals surface area (Å²) in [5.41, 5.74) is 0.832. The quantitative estimate of drug-likeness (QED) is 0.573. The molecular formula is C13H16N4O3. The molecule has 1 aliphatic rings. The zero-order valence-corrected chi connectivity index (χ0v) is 11.0. The molecule has 0 spiro atoms. The molecule has 0 aliphatic carbocycles. The van der Waals surface area contributed by atoms with Crippen LogP contribution in [0.25, 0.3) is 0 Å². The lowest BCUT2D eigenvalue weighted by atomic mass is 10.1. The first-order valence-corrected chi connectivity index (χ1v) is 6.24. The van der Waals surface area contributed by atoms with E-state index in [0.717, 1.165) is 0 Å². The van der Waals surface area contributed by atoms with Crippen LogP contribution in [0.15, 0.2) is 24.3 Å². The number of benzene rings is 1. The van der Waals surface area contributed by atoms with Crippen molar-refractivity contribution in [1.82, 2.24) is 16.0 Å². The molecule has 1 aromatic carbocycles. The van der Waals surface area contributed by atoms with E-state index >= 15 is 0 Å². The van der Waals surface area contributed by atoms with E-state index in [1.165, 1.54) is 7.05 Å². The van der Waals surface area contributed by atoms with Gasteiger partial charge in [-0.3, -0.25) is 19.7 Å². The van der Waals surface area contributed by atoms with E-state index in [1.807, 2.05) is 0 Å². The van der Waals surface area contributed by atoms with E-state index in [0.29, 0.717) is 11.3 Å². The summed E-state index contributed by atoms with van der Waals surface area (Å²) in [7, 11) is 1.53. The predicted octanol–water partition coefficient (Wildman–Crippen LogP) is -0.927. The minimum Gasteiger partial charge on any atom is -0.355 e. The Morgan fingerprint density at radius 2 is 2.05 bits per heavy atom. The third-order valence-corrected chi connectivity index (χ3v) is 2.99. The first-order chi connectivity index (χ1) is 9.61. The second kappa shape index (κ2) is 6.16. The molecule has 1 heterocycles. The van der Waals surface area contributed by atoms with Crippen LogP contribution >= 0.6 is 0 Å². The first-order valence-electron chi connectivity index (χ1n) is 6.24. The lowest BCUT2D eigenvalue weighted by Gasteiger charge is -2.23. The van der Waals surface area contributed by atoms with Crippen molar-refractivity contribution >= 4 is 23.4 Å². The monoisotopic (exact) mass is 276 g/mol. The molecule has 0 saturated carbocycles. The smallest absolute Gasteiger partial charge is 0.253 e. The van der Waals surface area contributed by atoms with Gasteiger partial charge in [0.25, 0.3) is 5.91 Å². The Morgan fingerprint density at radius 1 is 1.30 bits per heavy atom. The molecule has 4 N–H and O–H groups in total. The minimum atomic E-state index is -0.509. The Labute approximate surface area is 116 Å². The van der Waals surface area contributed by atoms with Gasteiger partial charge in [0.2, 0.25) is 11.8 Å². The fourth-order valence-electron chi connectivity index (χ4n) is 1.90. The second-order valence-corrected chi connectivity index (χ2v) is 4.35. The van der Waals surface area contributed by atoms with Crippen LogP contribution in [0.1, 0.15) is 10.4 Å². The molecule has 0 aromatic heterocycles. The molecule has 7 heteroatoms. The molecule has 1 aromatic rings. The Kier molecular flexibility index (Phi) is 4.31. The topological polar surface area (TPSA) is 99.3 Å². The molecule has 106 valence electrons. The number of nitrogens with one attached hydrogen (secondary N) is 4. The van der Waals surface area contributed by atoms with E-state index in [4.69, 9.17) is 0 Å². The van der Waals surface area contributed by atoms with Crippen molar-refractivity contribution in [3.05, 3.63) is 29.8 Å². The molecular weight excluding hydrogens is 260 g/mol. The average Bonchev–Trinajstić information content (AvgIpc) is 2.47. The van der Waals surface area contributed by atoms with Gasteiger partial charge < -0.3 is 16.0 Å². The predicted molar refractivity (Wildman–Crippen MR) is 73.3 cm³/mol. The molecule has 7 nitrogen and oxygen atoms in total. The Morgan fingerprint density at radius 3 is 2.70 bits per heavy atom. The summed E-state index contributed by atoms with van der Waals surface area (Å²) < 4.78 is 0. The van der Waals surface area contributed by atoms with Crippen LogP contribution in [0.2, 0.25) is 0 Å². The van der Waals surface area contributed by atoms with Gasteiger partial charge in [-0.25, -0.2) is 0 Å². The Hall–Kier alpha value is -2.41. The van der Waals surface area contributed by atoms with Crippen molar-refractivity contribution in [2.45, 2.75) is 6.04 Å². The summed E-state index contributed by atoms with van der Waals surface area (Å²) >= 11 is 0. The fourth-order valence-corrected chi connectivity index (χ4v) is 1.90. The highest BCUT2D eigenvalue weighted by atomic mass is 16.2. The Balaban J connectivity index is 2.08. The van der Waals surface area contributed by atoms with Gasteiger partial charge in [0.05, 0.1) is 17.8 Å². The summed E-state index contributed by atoms with van der Waals surface area (Å²) in [5, 5.41) is 10.6. The maximum atomic E-state index is 12.1. The van der Waals surface area contributed by atoms with Gasteiger partial charge in [0.15, 0.2) is 0 Å². The highest BCUT2D eigenvalue weighted by Crippen LogP contribution is 2.15. The molecule has 1 atom stereocenters. The van der Waals surface area contributed by atoms with Crippen molar-refractivity contribution in [3.8, 4) is 0 Å². The average molecular weight is 276 g/mol. The molecule has 1 saturated heterocycles. The van der Waals surface area contributed by atoms with Crippen LogP contribution in [-0.2, 0) is 9.59 Å². The van der Waals surface area contributed by atoms with Crippen molar-refractivity contribution in [1.29, 1.82) is 0 Å². The van der Waals surface area contributed by atoms with Crippen molar-refractivity contribution in [2.75, 3.05) is 25.5 Å². The highest BCUT2D eigenvalue weighted by Gasteiger charge is 2.24. The minimum absolute atomic E-state index is 0.106. The van der Waals surface area contributed by atoms with E-state index in [2.05, 4.69) is 21.3 Å². The van der Waals surface area contributed by atoms with Gasteiger partial charge in [-0.05, 0) is 12.1 Å². The van der Waals surface area contributed by atoms with E-state index in [1.54, 1.807) is 24.3 Å². The highest BCUT2D eigenvalue weighted by molar-refractivity contribution is 6.05. The van der Waals surface area contributed by atoms with Gasteiger partial charge in [-0.15, -0.1) is 0 Å². The summed E-state index contributed by atoms with van der Waals surface area (Å²) in [6.45, 7) is 0.335. The zero-order valence-electron chi connectivity index (χ0n) is 11.0. The standard InChI is InChI=1S/C13H16N4O3/c1-14-12(19)8-4-2-3-5-9(8)17-13(20)10-6-16-11(18)7-15-10/h2-5,10,15H,6-7H2,1H3,(H,14,19)(H,16,18)(H,17,20). The van der Waals surface area contributed by atoms with Gasteiger partial charge in [-0.2, -0.15) is 0 Å². The van der Waals surface area contributed by atoms with Crippen LogP contribution < -0.4 is 21.3 Å². The van der Waals surface area contributed by atoms with Crippen LogP contribution in [0, 0.1) is 0 Å². The second-order valence-electron chi connectivity index (χ2n) is 4.35. The SMILES string of the molecule is CNC(=O)c1ccccc1NC(=O)C1CNC(=O)CN1. The van der Waals surface area contributed by atoms with Crippen molar-refractivity contribution in [3.63, 3.8) is 0 Å². The molecule has 0 bridgehead atoms. The maximum Gasteiger partial charge on any atom is 0.253 e. The van der Waals surface area contributed by atoms with Gasteiger partial charge in [0, 0.05) is 13.6 Å². The van der Waals surface area contributed by atoms with Crippen LogP contribution in [0.5, 0.6) is 0 Å². The number of para-hydroxylation sites is 1. The lowest BCUT2D eigenvalue weighted by molar-refractivity contribution is -0.124. The van der Waals surface area contributed by atoms with Crippen LogP contribution in [0.3, 0.4) is 0 Å². The number of piperazine rings is 1. The summed E-state index contributed by atoms with van der Waals surface area (Å²) in [6, 6.07) is 6.23. The Bertz CT molecular complexity index is 534. The van der Waals surface area contributed by atoms with Gasteiger partial charge >= 0.3 is 0 Å². The fraction of sp³-hybridized carbons (Fsp3) is 0.308. The normalized spacial score (nSPS) is 18.1. The third kappa shape index (κ3) is 3.12. The molecule has 0 radical (unpaired) electrons. The van der Waals surface area contributed by atoms with Gasteiger partial charge in [0.1, 0.15) is 6.04 Å².